The summed E-state index contributed by atoms with van der Waals surface area (Å²) < 4.78 is 6.87. The number of nitrogens with zero attached hydrogens (tertiary/aromatic N) is 3. The number of H-pyrrole nitrogens is 1. The van der Waals surface area contributed by atoms with Crippen LogP contribution >= 0.6 is 0 Å². The van der Waals surface area contributed by atoms with Crippen molar-refractivity contribution in [2.24, 2.45) is 0 Å². The Bertz CT molecular complexity index is 1440. The van der Waals surface area contributed by atoms with Crippen LogP contribution in [0.2, 0.25) is 0 Å². The molecule has 1 fully saturated rings. The zero-order chi connectivity index (χ0) is 23.7. The normalized spacial score (nSPS) is 13.7. The van der Waals surface area contributed by atoms with Gasteiger partial charge >= 0.3 is 0 Å². The van der Waals surface area contributed by atoms with Crippen LogP contribution in [0.15, 0.2) is 53.3 Å². The van der Waals surface area contributed by atoms with Gasteiger partial charge in [-0.15, -0.1) is 6.42 Å². The Balaban J connectivity index is 1.66. The summed E-state index contributed by atoms with van der Waals surface area (Å²) in [4.78, 5) is 19.6. The van der Waals surface area contributed by atoms with E-state index < -0.39 is 0 Å². The fraction of sp³-hybridized carbons (Fsp3) is 0.286. The Kier molecular flexibility index (Phi) is 5.85. The monoisotopic (exact) mass is 452 g/mol. The number of rotatable bonds is 5. The average molecular weight is 453 g/mol. The molecule has 3 heterocycles. The van der Waals surface area contributed by atoms with E-state index in [1.54, 1.807) is 11.6 Å². The molecule has 6 heteroatoms. The van der Waals surface area contributed by atoms with Gasteiger partial charge in [-0.1, -0.05) is 42.3 Å². The molecule has 0 unspecified atom stereocenters. The number of aromatic amines is 1. The van der Waals surface area contributed by atoms with Crippen molar-refractivity contribution in [2.45, 2.75) is 32.6 Å². The molecule has 0 saturated carbocycles. The largest absolute Gasteiger partial charge is 0.495 e. The molecule has 1 N–H and O–H groups in total. The lowest BCUT2D eigenvalue weighted by Gasteiger charge is -2.28. The van der Waals surface area contributed by atoms with Crippen molar-refractivity contribution >= 4 is 11.3 Å². The van der Waals surface area contributed by atoms with Gasteiger partial charge in [0.25, 0.3) is 5.56 Å². The number of fused-ring (bicyclic) bond motifs is 1. The topological polar surface area (TPSA) is 62.6 Å². The fourth-order valence-corrected chi connectivity index (χ4v) is 4.81. The summed E-state index contributed by atoms with van der Waals surface area (Å²) in [6.07, 6.45) is 9.62. The molecule has 0 atom stereocenters. The molecule has 0 bridgehead atoms. The van der Waals surface area contributed by atoms with Crippen LogP contribution in [0.25, 0.3) is 16.9 Å². The van der Waals surface area contributed by atoms with E-state index in [4.69, 9.17) is 16.3 Å². The first-order valence-corrected chi connectivity index (χ1v) is 11.7. The highest BCUT2D eigenvalue weighted by molar-refractivity contribution is 5.86. The van der Waals surface area contributed by atoms with Gasteiger partial charge in [-0.3, -0.25) is 4.79 Å². The fourth-order valence-electron chi connectivity index (χ4n) is 4.81. The number of aromatic nitrogens is 3. The quantitative estimate of drug-likeness (QED) is 0.451. The van der Waals surface area contributed by atoms with Crippen LogP contribution in [0.1, 0.15) is 41.6 Å². The smallest absolute Gasteiger partial charge is 0.278 e. The number of aryl methyl sites for hydroxylation is 1. The van der Waals surface area contributed by atoms with E-state index >= 15 is 0 Å². The molecular weight excluding hydrogens is 424 g/mol. The number of benzene rings is 2. The zero-order valence-corrected chi connectivity index (χ0v) is 19.6. The molecule has 6 nitrogen and oxygen atoms in total. The second-order valence-electron chi connectivity index (χ2n) is 8.76. The second kappa shape index (κ2) is 9.11. The summed E-state index contributed by atoms with van der Waals surface area (Å²) in [5.74, 6) is 3.31. The van der Waals surface area contributed by atoms with Crippen molar-refractivity contribution in [3.63, 3.8) is 0 Å². The standard InChI is InChI=1S/C28H28N4O2/c1-4-21-17-20(13-14-24(21)34-3)18-23-19(2)29-27-26(31-15-9-6-10-16-31)25(30-32(27)28(23)33)22-11-7-5-8-12-22/h1,5,7-8,11-14,17,29H,6,9-10,15-16,18H2,2-3H3. The third kappa shape index (κ3) is 3.84. The minimum Gasteiger partial charge on any atom is -0.495 e. The number of piperidine rings is 1. The number of hydrogen-bond donors (Lipinski definition) is 1. The highest BCUT2D eigenvalue weighted by Gasteiger charge is 2.25. The second-order valence-corrected chi connectivity index (χ2v) is 8.76. The number of terminal acetylenes is 1. The summed E-state index contributed by atoms with van der Waals surface area (Å²) in [6, 6.07) is 15.8. The lowest BCUT2D eigenvalue weighted by atomic mass is 10.0. The van der Waals surface area contributed by atoms with Gasteiger partial charge in [0.1, 0.15) is 17.1 Å². The molecular formula is C28H28N4O2. The van der Waals surface area contributed by atoms with Crippen LogP contribution in [-0.2, 0) is 6.42 Å². The first-order valence-electron chi connectivity index (χ1n) is 11.7. The van der Waals surface area contributed by atoms with Gasteiger partial charge in [0.2, 0.25) is 0 Å². The lowest BCUT2D eigenvalue weighted by Crippen LogP contribution is -2.30. The third-order valence-corrected chi connectivity index (χ3v) is 6.59. The molecule has 172 valence electrons. The molecule has 34 heavy (non-hydrogen) atoms. The summed E-state index contributed by atoms with van der Waals surface area (Å²) >= 11 is 0. The van der Waals surface area contributed by atoms with Crippen molar-refractivity contribution in [1.82, 2.24) is 14.6 Å². The Morgan fingerprint density at radius 2 is 1.88 bits per heavy atom. The van der Waals surface area contributed by atoms with E-state index in [2.05, 4.69) is 15.8 Å². The molecule has 0 aliphatic carbocycles. The van der Waals surface area contributed by atoms with Gasteiger partial charge in [-0.05, 0) is 43.9 Å². The van der Waals surface area contributed by atoms with E-state index in [9.17, 15) is 4.79 Å². The predicted octanol–water partition coefficient (Wildman–Crippen LogP) is 4.57. The van der Waals surface area contributed by atoms with Crippen molar-refractivity contribution in [3.8, 4) is 29.4 Å². The van der Waals surface area contributed by atoms with Crippen LogP contribution in [0.4, 0.5) is 5.69 Å². The molecule has 2 aromatic carbocycles. The maximum absolute atomic E-state index is 13.7. The predicted molar refractivity (Wildman–Crippen MR) is 136 cm³/mol. The van der Waals surface area contributed by atoms with Gasteiger partial charge in [-0.25, -0.2) is 0 Å². The van der Waals surface area contributed by atoms with Crippen LogP contribution in [0.3, 0.4) is 0 Å². The van der Waals surface area contributed by atoms with Gasteiger partial charge in [0, 0.05) is 36.3 Å². The molecule has 0 amide bonds. The van der Waals surface area contributed by atoms with Gasteiger partial charge in [-0.2, -0.15) is 9.61 Å². The number of anilines is 1. The lowest BCUT2D eigenvalue weighted by molar-refractivity contribution is 0.413. The minimum absolute atomic E-state index is 0.107. The van der Waals surface area contributed by atoms with E-state index in [1.807, 2.05) is 55.5 Å². The molecule has 1 aliphatic rings. The Morgan fingerprint density at radius 1 is 1.12 bits per heavy atom. The maximum atomic E-state index is 13.7. The summed E-state index contributed by atoms with van der Waals surface area (Å²) in [6.45, 7) is 3.88. The summed E-state index contributed by atoms with van der Waals surface area (Å²) in [5, 5.41) is 4.84. The molecule has 2 aromatic heterocycles. The minimum atomic E-state index is -0.107. The Morgan fingerprint density at radius 3 is 2.59 bits per heavy atom. The first-order chi connectivity index (χ1) is 16.6. The number of hydrogen-bond acceptors (Lipinski definition) is 4. The molecule has 5 rings (SSSR count). The van der Waals surface area contributed by atoms with E-state index in [1.165, 1.54) is 6.42 Å². The van der Waals surface area contributed by atoms with Crippen LogP contribution in [0.5, 0.6) is 5.75 Å². The number of nitrogens with one attached hydrogen (secondary N) is 1. The van der Waals surface area contributed by atoms with Crippen molar-refractivity contribution in [1.29, 1.82) is 0 Å². The maximum Gasteiger partial charge on any atom is 0.278 e. The molecule has 1 saturated heterocycles. The van der Waals surface area contributed by atoms with Gasteiger partial charge in [0.05, 0.1) is 12.7 Å². The van der Waals surface area contributed by atoms with Gasteiger partial charge in [0.15, 0.2) is 5.65 Å². The molecule has 0 radical (unpaired) electrons. The van der Waals surface area contributed by atoms with Crippen LogP contribution in [-0.4, -0.2) is 34.8 Å². The van der Waals surface area contributed by atoms with E-state index in [-0.39, 0.29) is 5.56 Å². The van der Waals surface area contributed by atoms with Crippen molar-refractivity contribution in [3.05, 3.63) is 81.3 Å². The molecule has 0 spiro atoms. The zero-order valence-electron chi connectivity index (χ0n) is 19.6. The van der Waals surface area contributed by atoms with Crippen LogP contribution < -0.4 is 15.2 Å². The number of ether oxygens (including phenoxy) is 1. The Hall–Kier alpha value is -3.98. The molecule has 4 aromatic rings. The third-order valence-electron chi connectivity index (χ3n) is 6.59. The summed E-state index contributed by atoms with van der Waals surface area (Å²) in [5.41, 5.74) is 6.65. The Labute approximate surface area is 199 Å². The van der Waals surface area contributed by atoms with Crippen LogP contribution in [0, 0.1) is 19.3 Å². The van der Waals surface area contributed by atoms with Crippen molar-refractivity contribution < 1.29 is 4.74 Å². The van der Waals surface area contributed by atoms with E-state index in [0.717, 1.165) is 59.8 Å². The number of methoxy groups -OCH3 is 1. The van der Waals surface area contributed by atoms with Gasteiger partial charge < -0.3 is 14.6 Å². The average Bonchev–Trinajstić information content (AvgIpc) is 3.27. The van der Waals surface area contributed by atoms with E-state index in [0.29, 0.717) is 23.3 Å². The summed E-state index contributed by atoms with van der Waals surface area (Å²) in [7, 11) is 1.60. The first kappa shape index (κ1) is 21.8. The highest BCUT2D eigenvalue weighted by atomic mass is 16.5. The highest BCUT2D eigenvalue weighted by Crippen LogP contribution is 2.35. The molecule has 1 aliphatic heterocycles. The van der Waals surface area contributed by atoms with Crippen molar-refractivity contribution in [2.75, 3.05) is 25.1 Å². The SMILES string of the molecule is C#Cc1cc(Cc2c(C)[nH]c3c(N4CCCCC4)c(-c4ccccc4)nn3c2=O)ccc1OC.